The lowest BCUT2D eigenvalue weighted by Gasteiger charge is -2.18. The van der Waals surface area contributed by atoms with Crippen LogP contribution in [0.15, 0.2) is 67.3 Å². The van der Waals surface area contributed by atoms with Crippen molar-refractivity contribution in [3.63, 3.8) is 0 Å². The van der Waals surface area contributed by atoms with Crippen molar-refractivity contribution in [3.05, 3.63) is 88.4 Å². The van der Waals surface area contributed by atoms with E-state index < -0.39 is 0 Å². The molecule has 1 heterocycles. The van der Waals surface area contributed by atoms with Crippen molar-refractivity contribution >= 4 is 35.0 Å². The van der Waals surface area contributed by atoms with E-state index in [0.29, 0.717) is 15.3 Å². The third kappa shape index (κ3) is 4.54. The molecular formula is C18H16Cl2N2S. The predicted octanol–water partition coefficient (Wildman–Crippen LogP) is 5.86. The van der Waals surface area contributed by atoms with E-state index in [1.165, 1.54) is 11.1 Å². The average Bonchev–Trinajstić information content (AvgIpc) is 3.08. The van der Waals surface area contributed by atoms with Crippen molar-refractivity contribution in [2.45, 2.75) is 17.5 Å². The van der Waals surface area contributed by atoms with Crippen molar-refractivity contribution in [3.8, 4) is 0 Å². The summed E-state index contributed by atoms with van der Waals surface area (Å²) in [6, 6.07) is 16.4. The zero-order valence-corrected chi connectivity index (χ0v) is 14.7. The summed E-state index contributed by atoms with van der Waals surface area (Å²) in [6.07, 6.45) is 5.66. The molecule has 0 aliphatic rings. The number of rotatable bonds is 6. The second-order valence-corrected chi connectivity index (χ2v) is 7.22. The van der Waals surface area contributed by atoms with Crippen LogP contribution in [0.5, 0.6) is 0 Å². The molecule has 0 aliphatic carbocycles. The number of hydrogen-bond acceptors (Lipinski definition) is 2. The predicted molar refractivity (Wildman–Crippen MR) is 99.2 cm³/mol. The van der Waals surface area contributed by atoms with E-state index in [1.807, 2.05) is 54.7 Å². The standard InChI is InChI=1S/C18H16Cl2N2S/c19-16-7-6-14(10-17(16)20)12-23-18(11-22-9-8-21-13-22)15-4-2-1-3-5-15/h1-10,13,18H,11-12H2. The Morgan fingerprint density at radius 3 is 2.57 bits per heavy atom. The minimum atomic E-state index is 0.347. The minimum Gasteiger partial charge on any atom is -0.336 e. The smallest absolute Gasteiger partial charge is 0.0946 e. The second kappa shape index (κ2) is 7.91. The van der Waals surface area contributed by atoms with Crippen molar-refractivity contribution in [1.82, 2.24) is 9.55 Å². The molecule has 0 fully saturated rings. The molecule has 0 saturated heterocycles. The fourth-order valence-corrected chi connectivity index (χ4v) is 3.86. The van der Waals surface area contributed by atoms with Crippen LogP contribution in [-0.2, 0) is 12.3 Å². The van der Waals surface area contributed by atoms with Crippen molar-refractivity contribution < 1.29 is 0 Å². The first-order chi connectivity index (χ1) is 11.2. The Bertz CT molecular complexity index is 745. The monoisotopic (exact) mass is 362 g/mol. The highest BCUT2D eigenvalue weighted by Gasteiger charge is 2.13. The molecule has 3 rings (SSSR count). The fourth-order valence-electron chi connectivity index (χ4n) is 2.33. The van der Waals surface area contributed by atoms with Gasteiger partial charge < -0.3 is 4.57 Å². The van der Waals surface area contributed by atoms with Gasteiger partial charge >= 0.3 is 0 Å². The molecule has 0 N–H and O–H groups in total. The molecule has 23 heavy (non-hydrogen) atoms. The molecule has 2 nitrogen and oxygen atoms in total. The SMILES string of the molecule is Clc1ccc(CSC(Cn2ccnc2)c2ccccc2)cc1Cl. The number of imidazole rings is 1. The van der Waals surface area contributed by atoms with Gasteiger partial charge in [-0.1, -0.05) is 59.6 Å². The van der Waals surface area contributed by atoms with Gasteiger partial charge in [0.25, 0.3) is 0 Å². The van der Waals surface area contributed by atoms with Crippen molar-refractivity contribution in [2.24, 2.45) is 0 Å². The van der Waals surface area contributed by atoms with Crippen LogP contribution in [0, 0.1) is 0 Å². The molecule has 2 aromatic carbocycles. The van der Waals surface area contributed by atoms with Gasteiger partial charge in [0.2, 0.25) is 0 Å². The summed E-state index contributed by atoms with van der Waals surface area (Å²) in [5.74, 6) is 0.880. The molecule has 0 amide bonds. The van der Waals surface area contributed by atoms with Crippen LogP contribution < -0.4 is 0 Å². The Hall–Kier alpha value is -1.42. The number of nitrogens with zero attached hydrogens (tertiary/aromatic N) is 2. The van der Waals surface area contributed by atoms with E-state index >= 15 is 0 Å². The number of halogens is 2. The van der Waals surface area contributed by atoms with Gasteiger partial charge in [-0.15, -0.1) is 11.8 Å². The normalized spacial score (nSPS) is 12.3. The highest BCUT2D eigenvalue weighted by Crippen LogP contribution is 2.34. The summed E-state index contributed by atoms with van der Waals surface area (Å²) in [7, 11) is 0. The summed E-state index contributed by atoms with van der Waals surface area (Å²) in [4.78, 5) is 4.13. The number of hydrogen-bond donors (Lipinski definition) is 0. The Labute approximate surface area is 150 Å². The van der Waals surface area contributed by atoms with Gasteiger partial charge in [-0.25, -0.2) is 4.98 Å². The quantitative estimate of drug-likeness (QED) is 0.545. The molecule has 0 bridgehead atoms. The van der Waals surface area contributed by atoms with Crippen molar-refractivity contribution in [1.29, 1.82) is 0 Å². The summed E-state index contributed by atoms with van der Waals surface area (Å²) in [6.45, 7) is 0.885. The summed E-state index contributed by atoms with van der Waals surface area (Å²) in [5, 5.41) is 1.55. The third-order valence-corrected chi connectivity index (χ3v) is 5.61. The van der Waals surface area contributed by atoms with E-state index in [0.717, 1.165) is 12.3 Å². The number of aromatic nitrogens is 2. The molecule has 1 atom stereocenters. The summed E-state index contributed by atoms with van der Waals surface area (Å²) < 4.78 is 2.11. The maximum atomic E-state index is 6.11. The lowest BCUT2D eigenvalue weighted by molar-refractivity contribution is 0.683. The van der Waals surface area contributed by atoms with Gasteiger partial charge in [-0.3, -0.25) is 0 Å². The van der Waals surface area contributed by atoms with E-state index in [4.69, 9.17) is 23.2 Å². The molecule has 0 saturated carbocycles. The van der Waals surface area contributed by atoms with E-state index in [1.54, 1.807) is 0 Å². The topological polar surface area (TPSA) is 17.8 Å². The van der Waals surface area contributed by atoms with Crippen molar-refractivity contribution in [2.75, 3.05) is 0 Å². The van der Waals surface area contributed by atoms with Gasteiger partial charge in [-0.05, 0) is 23.3 Å². The Morgan fingerprint density at radius 1 is 1.04 bits per heavy atom. The van der Waals surface area contributed by atoms with E-state index in [9.17, 15) is 0 Å². The molecule has 5 heteroatoms. The van der Waals surface area contributed by atoms with Crippen LogP contribution in [0.1, 0.15) is 16.4 Å². The van der Waals surface area contributed by atoms with Gasteiger partial charge in [0.15, 0.2) is 0 Å². The highest BCUT2D eigenvalue weighted by atomic mass is 35.5. The van der Waals surface area contributed by atoms with Crippen LogP contribution in [0.4, 0.5) is 0 Å². The minimum absolute atomic E-state index is 0.347. The highest BCUT2D eigenvalue weighted by molar-refractivity contribution is 7.98. The number of benzene rings is 2. The first-order valence-corrected chi connectivity index (χ1v) is 9.09. The van der Waals surface area contributed by atoms with Gasteiger partial charge in [0.1, 0.15) is 0 Å². The maximum Gasteiger partial charge on any atom is 0.0946 e. The maximum absolute atomic E-state index is 6.11. The molecule has 0 spiro atoms. The molecule has 1 aromatic heterocycles. The molecular weight excluding hydrogens is 347 g/mol. The molecule has 0 radical (unpaired) electrons. The van der Waals surface area contributed by atoms with Crippen LogP contribution in [-0.4, -0.2) is 9.55 Å². The lowest BCUT2D eigenvalue weighted by atomic mass is 10.1. The average molecular weight is 363 g/mol. The molecule has 1 unspecified atom stereocenters. The fraction of sp³-hybridized carbons (Fsp3) is 0.167. The Kier molecular flexibility index (Phi) is 5.65. The first-order valence-electron chi connectivity index (χ1n) is 7.28. The molecule has 118 valence electrons. The van der Waals surface area contributed by atoms with Gasteiger partial charge in [0, 0.05) is 29.9 Å². The first kappa shape index (κ1) is 16.4. The lowest BCUT2D eigenvalue weighted by Crippen LogP contribution is -2.05. The third-order valence-electron chi connectivity index (χ3n) is 3.54. The zero-order chi connectivity index (χ0) is 16.1. The van der Waals surface area contributed by atoms with Crippen LogP contribution >= 0.6 is 35.0 Å². The Balaban J connectivity index is 1.74. The Morgan fingerprint density at radius 2 is 1.87 bits per heavy atom. The number of thioether (sulfide) groups is 1. The van der Waals surface area contributed by atoms with E-state index in [2.05, 4.69) is 33.8 Å². The van der Waals surface area contributed by atoms with Crippen LogP contribution in [0.3, 0.4) is 0 Å². The summed E-state index contributed by atoms with van der Waals surface area (Å²) in [5.41, 5.74) is 2.49. The van der Waals surface area contributed by atoms with Gasteiger partial charge in [-0.2, -0.15) is 0 Å². The molecule has 3 aromatic rings. The second-order valence-electron chi connectivity index (χ2n) is 5.22. The summed E-state index contributed by atoms with van der Waals surface area (Å²) >= 11 is 14.0. The van der Waals surface area contributed by atoms with Gasteiger partial charge in [0.05, 0.1) is 16.4 Å². The van der Waals surface area contributed by atoms with Crippen LogP contribution in [0.2, 0.25) is 10.0 Å². The van der Waals surface area contributed by atoms with E-state index in [-0.39, 0.29) is 0 Å². The largest absolute Gasteiger partial charge is 0.336 e. The van der Waals surface area contributed by atoms with Crippen LogP contribution in [0.25, 0.3) is 0 Å². The molecule has 0 aliphatic heterocycles. The zero-order valence-electron chi connectivity index (χ0n) is 12.4.